The van der Waals surface area contributed by atoms with Gasteiger partial charge in [-0.15, -0.1) is 0 Å². The fourth-order valence-electron chi connectivity index (χ4n) is 1.39. The predicted molar refractivity (Wildman–Crippen MR) is 62.9 cm³/mol. The molecule has 0 aliphatic carbocycles. The van der Waals surface area contributed by atoms with Crippen molar-refractivity contribution in [3.05, 3.63) is 29.3 Å². The van der Waals surface area contributed by atoms with Crippen molar-refractivity contribution >= 4 is 11.7 Å². The lowest BCUT2D eigenvalue weighted by atomic mass is 10.1. The van der Waals surface area contributed by atoms with Crippen LogP contribution >= 0.6 is 0 Å². The molecule has 0 saturated carbocycles. The van der Waals surface area contributed by atoms with Gasteiger partial charge in [0.15, 0.2) is 0 Å². The summed E-state index contributed by atoms with van der Waals surface area (Å²) in [6, 6.07) is 5.42. The first kappa shape index (κ1) is 12.5. The monoisotopic (exact) mass is 223 g/mol. The van der Waals surface area contributed by atoms with E-state index in [9.17, 15) is 4.79 Å². The van der Waals surface area contributed by atoms with Gasteiger partial charge in [-0.2, -0.15) is 0 Å². The van der Waals surface area contributed by atoms with E-state index in [4.69, 9.17) is 4.74 Å². The number of aryl methyl sites for hydroxylation is 1. The lowest BCUT2D eigenvalue weighted by Crippen LogP contribution is -2.09. The molecular formula is C12H17NO3. The molecule has 0 amide bonds. The zero-order chi connectivity index (χ0) is 12.0. The topological polar surface area (TPSA) is 47.6 Å². The summed E-state index contributed by atoms with van der Waals surface area (Å²) in [5.74, 6) is -0.313. The Labute approximate surface area is 95.6 Å². The summed E-state index contributed by atoms with van der Waals surface area (Å²) < 4.78 is 9.60. The molecule has 4 heteroatoms. The lowest BCUT2D eigenvalue weighted by molar-refractivity contribution is 0.0600. The Morgan fingerprint density at radius 3 is 2.69 bits per heavy atom. The zero-order valence-corrected chi connectivity index (χ0v) is 9.87. The quantitative estimate of drug-likeness (QED) is 0.611. The molecular weight excluding hydrogens is 206 g/mol. The molecule has 4 nitrogen and oxygen atoms in total. The van der Waals surface area contributed by atoms with Gasteiger partial charge in [0.25, 0.3) is 0 Å². The van der Waals surface area contributed by atoms with Gasteiger partial charge in [-0.3, -0.25) is 0 Å². The molecule has 0 spiro atoms. The third-order valence-corrected chi connectivity index (χ3v) is 2.27. The molecule has 88 valence electrons. The normalized spacial score (nSPS) is 9.94. The van der Waals surface area contributed by atoms with E-state index < -0.39 is 0 Å². The number of esters is 1. The number of hydrogen-bond donors (Lipinski definition) is 1. The van der Waals surface area contributed by atoms with Gasteiger partial charge >= 0.3 is 5.97 Å². The SMILES string of the molecule is COCCNc1ccc(C(=O)OC)cc1C. The standard InChI is InChI=1S/C12H17NO3/c1-9-8-10(12(14)16-3)4-5-11(9)13-6-7-15-2/h4-5,8,13H,6-7H2,1-3H3. The number of carbonyl (C=O) groups is 1. The predicted octanol–water partition coefficient (Wildman–Crippen LogP) is 1.84. The largest absolute Gasteiger partial charge is 0.465 e. The number of rotatable bonds is 5. The van der Waals surface area contributed by atoms with Crippen molar-refractivity contribution in [2.45, 2.75) is 6.92 Å². The van der Waals surface area contributed by atoms with Crippen molar-refractivity contribution in [2.24, 2.45) is 0 Å². The maximum atomic E-state index is 11.3. The van der Waals surface area contributed by atoms with E-state index >= 15 is 0 Å². The van der Waals surface area contributed by atoms with E-state index in [-0.39, 0.29) is 5.97 Å². The lowest BCUT2D eigenvalue weighted by Gasteiger charge is -2.10. The van der Waals surface area contributed by atoms with E-state index in [1.165, 1.54) is 7.11 Å². The molecule has 0 aliphatic heterocycles. The Hall–Kier alpha value is -1.55. The summed E-state index contributed by atoms with van der Waals surface area (Å²) in [4.78, 5) is 11.3. The molecule has 0 aliphatic rings. The van der Waals surface area contributed by atoms with Crippen LogP contribution in [0, 0.1) is 6.92 Å². The van der Waals surface area contributed by atoms with E-state index in [0.29, 0.717) is 12.2 Å². The number of benzene rings is 1. The van der Waals surface area contributed by atoms with Crippen LogP contribution in [0.2, 0.25) is 0 Å². The van der Waals surface area contributed by atoms with Crippen LogP contribution in [0.4, 0.5) is 5.69 Å². The molecule has 1 aromatic rings. The van der Waals surface area contributed by atoms with Gasteiger partial charge in [0.05, 0.1) is 19.3 Å². The van der Waals surface area contributed by atoms with Crippen molar-refractivity contribution in [2.75, 3.05) is 32.7 Å². The van der Waals surface area contributed by atoms with Crippen molar-refractivity contribution < 1.29 is 14.3 Å². The van der Waals surface area contributed by atoms with Crippen LogP contribution in [-0.2, 0) is 9.47 Å². The minimum absolute atomic E-state index is 0.313. The van der Waals surface area contributed by atoms with Gasteiger partial charge in [-0.25, -0.2) is 4.79 Å². The highest BCUT2D eigenvalue weighted by atomic mass is 16.5. The molecule has 0 atom stereocenters. The van der Waals surface area contributed by atoms with Gasteiger partial charge < -0.3 is 14.8 Å². The van der Waals surface area contributed by atoms with Crippen LogP contribution in [-0.4, -0.2) is 33.3 Å². The first-order valence-corrected chi connectivity index (χ1v) is 5.11. The molecule has 0 aromatic heterocycles. The molecule has 0 saturated heterocycles. The molecule has 1 aromatic carbocycles. The highest BCUT2D eigenvalue weighted by molar-refractivity contribution is 5.90. The summed E-state index contributed by atoms with van der Waals surface area (Å²) in [5, 5.41) is 3.22. The summed E-state index contributed by atoms with van der Waals surface area (Å²) >= 11 is 0. The number of carbonyl (C=O) groups excluding carboxylic acids is 1. The van der Waals surface area contributed by atoms with Gasteiger partial charge in [-0.05, 0) is 30.7 Å². The summed E-state index contributed by atoms with van der Waals surface area (Å²) in [7, 11) is 3.04. The van der Waals surface area contributed by atoms with Gasteiger partial charge in [0.1, 0.15) is 0 Å². The fourth-order valence-corrected chi connectivity index (χ4v) is 1.39. The highest BCUT2D eigenvalue weighted by Gasteiger charge is 2.06. The molecule has 0 bridgehead atoms. The molecule has 1 rings (SSSR count). The van der Waals surface area contributed by atoms with Crippen molar-refractivity contribution in [3.63, 3.8) is 0 Å². The first-order chi connectivity index (χ1) is 7.69. The first-order valence-electron chi connectivity index (χ1n) is 5.11. The molecule has 0 heterocycles. The van der Waals surface area contributed by atoms with Gasteiger partial charge in [-0.1, -0.05) is 0 Å². The average Bonchev–Trinajstić information content (AvgIpc) is 2.30. The summed E-state index contributed by atoms with van der Waals surface area (Å²) in [6.45, 7) is 3.34. The second kappa shape index (κ2) is 6.12. The minimum Gasteiger partial charge on any atom is -0.465 e. The van der Waals surface area contributed by atoms with Crippen LogP contribution in [0.15, 0.2) is 18.2 Å². The maximum Gasteiger partial charge on any atom is 0.337 e. The summed E-state index contributed by atoms with van der Waals surface area (Å²) in [5.41, 5.74) is 2.58. The van der Waals surface area contributed by atoms with Crippen LogP contribution < -0.4 is 5.32 Å². The van der Waals surface area contributed by atoms with Crippen LogP contribution in [0.3, 0.4) is 0 Å². The molecule has 16 heavy (non-hydrogen) atoms. The third kappa shape index (κ3) is 3.24. The highest BCUT2D eigenvalue weighted by Crippen LogP contribution is 2.16. The fraction of sp³-hybridized carbons (Fsp3) is 0.417. The average molecular weight is 223 g/mol. The van der Waals surface area contributed by atoms with Crippen LogP contribution in [0.1, 0.15) is 15.9 Å². The Bertz CT molecular complexity index is 363. The van der Waals surface area contributed by atoms with E-state index in [2.05, 4.69) is 10.1 Å². The Balaban J connectivity index is 2.71. The van der Waals surface area contributed by atoms with E-state index in [1.807, 2.05) is 13.0 Å². The number of ether oxygens (including phenoxy) is 2. The van der Waals surface area contributed by atoms with Gasteiger partial charge in [0.2, 0.25) is 0 Å². The number of hydrogen-bond acceptors (Lipinski definition) is 4. The summed E-state index contributed by atoms with van der Waals surface area (Å²) in [6.07, 6.45) is 0. The van der Waals surface area contributed by atoms with Crippen molar-refractivity contribution in [1.82, 2.24) is 0 Å². The van der Waals surface area contributed by atoms with Crippen molar-refractivity contribution in [1.29, 1.82) is 0 Å². The number of nitrogens with one attached hydrogen (secondary N) is 1. The minimum atomic E-state index is -0.313. The van der Waals surface area contributed by atoms with Crippen LogP contribution in [0.25, 0.3) is 0 Å². The van der Waals surface area contributed by atoms with E-state index in [1.54, 1.807) is 19.2 Å². The zero-order valence-electron chi connectivity index (χ0n) is 9.87. The Kier molecular flexibility index (Phi) is 4.79. The second-order valence-corrected chi connectivity index (χ2v) is 3.44. The molecule has 1 N–H and O–H groups in total. The van der Waals surface area contributed by atoms with E-state index in [0.717, 1.165) is 17.8 Å². The van der Waals surface area contributed by atoms with Gasteiger partial charge in [0, 0.05) is 19.3 Å². The number of methoxy groups -OCH3 is 2. The maximum absolute atomic E-state index is 11.3. The number of anilines is 1. The van der Waals surface area contributed by atoms with Crippen LogP contribution in [0.5, 0.6) is 0 Å². The Morgan fingerprint density at radius 2 is 2.12 bits per heavy atom. The molecule has 0 fully saturated rings. The Morgan fingerprint density at radius 1 is 1.38 bits per heavy atom. The molecule has 0 radical (unpaired) electrons. The van der Waals surface area contributed by atoms with Crippen molar-refractivity contribution in [3.8, 4) is 0 Å². The smallest absolute Gasteiger partial charge is 0.337 e. The molecule has 0 unspecified atom stereocenters. The third-order valence-electron chi connectivity index (χ3n) is 2.27. The second-order valence-electron chi connectivity index (χ2n) is 3.44.